The third-order valence-electron chi connectivity index (χ3n) is 3.95. The van der Waals surface area contributed by atoms with Gasteiger partial charge in [0.1, 0.15) is 0 Å². The minimum Gasteiger partial charge on any atom is -0.228 e. The molecule has 0 saturated carbocycles. The fourth-order valence-corrected chi connectivity index (χ4v) is 2.85. The van der Waals surface area contributed by atoms with Gasteiger partial charge in [0.25, 0.3) is 5.95 Å². The van der Waals surface area contributed by atoms with Crippen LogP contribution in [0.15, 0.2) is 48.5 Å². The van der Waals surface area contributed by atoms with Crippen molar-refractivity contribution in [3.63, 3.8) is 0 Å². The van der Waals surface area contributed by atoms with E-state index in [4.69, 9.17) is 4.98 Å². The van der Waals surface area contributed by atoms with Gasteiger partial charge < -0.3 is 0 Å². The molecule has 0 aliphatic rings. The van der Waals surface area contributed by atoms with Crippen LogP contribution in [0.25, 0.3) is 28.2 Å². The van der Waals surface area contributed by atoms with Crippen molar-refractivity contribution in [2.45, 2.75) is 20.8 Å². The van der Waals surface area contributed by atoms with Gasteiger partial charge in [0.05, 0.1) is 11.4 Å². The maximum Gasteiger partial charge on any atom is 0.253 e. The van der Waals surface area contributed by atoms with Crippen LogP contribution in [0.3, 0.4) is 0 Å². The predicted molar refractivity (Wildman–Crippen MR) is 94.1 cm³/mol. The van der Waals surface area contributed by atoms with Crippen molar-refractivity contribution in [1.29, 1.82) is 0 Å². The van der Waals surface area contributed by atoms with Gasteiger partial charge in [0, 0.05) is 22.3 Å². The largest absolute Gasteiger partial charge is 0.253 e. The van der Waals surface area contributed by atoms with Gasteiger partial charge in [-0.05, 0) is 39.0 Å². The van der Waals surface area contributed by atoms with Crippen molar-refractivity contribution >= 4 is 11.0 Å². The van der Waals surface area contributed by atoms with Crippen LogP contribution in [-0.4, -0.2) is 24.7 Å². The number of nitrogens with zero attached hydrogens (tertiary/aromatic N) is 5. The number of hydrogen-bond acceptors (Lipinski definition) is 4. The molecule has 1 aromatic carbocycles. The minimum atomic E-state index is 0.559. The highest BCUT2D eigenvalue weighted by atomic mass is 15.4. The predicted octanol–water partition coefficient (Wildman–Crippen LogP) is 3.80. The van der Waals surface area contributed by atoms with Gasteiger partial charge in [-0.25, -0.2) is 15.0 Å². The van der Waals surface area contributed by atoms with Gasteiger partial charge in [-0.3, -0.25) is 0 Å². The first kappa shape index (κ1) is 14.5. The molecule has 0 radical (unpaired) electrons. The number of benzene rings is 1. The zero-order valence-corrected chi connectivity index (χ0v) is 13.9. The maximum absolute atomic E-state index is 4.82. The normalized spacial score (nSPS) is 11.1. The molecule has 3 aromatic heterocycles. The number of pyridine rings is 1. The average molecular weight is 315 g/mol. The van der Waals surface area contributed by atoms with Gasteiger partial charge >= 0.3 is 0 Å². The second kappa shape index (κ2) is 5.53. The Hall–Kier alpha value is -3.08. The monoisotopic (exact) mass is 315 g/mol. The van der Waals surface area contributed by atoms with E-state index in [2.05, 4.69) is 33.3 Å². The van der Waals surface area contributed by atoms with Crippen LogP contribution in [0.1, 0.15) is 17.1 Å². The quantitative estimate of drug-likeness (QED) is 0.564. The van der Waals surface area contributed by atoms with Crippen molar-refractivity contribution in [3.05, 3.63) is 65.6 Å². The molecule has 0 fully saturated rings. The zero-order chi connectivity index (χ0) is 16.7. The SMILES string of the molecule is Cc1cc(C)nc(-n2nc(C)c3ccc(-c4ccccc4)nc32)n1. The van der Waals surface area contributed by atoms with E-state index in [1.165, 1.54) is 0 Å². The molecule has 0 N–H and O–H groups in total. The molecule has 0 aliphatic heterocycles. The van der Waals surface area contributed by atoms with Gasteiger partial charge in [-0.1, -0.05) is 30.3 Å². The van der Waals surface area contributed by atoms with Crippen molar-refractivity contribution in [3.8, 4) is 17.2 Å². The summed E-state index contributed by atoms with van der Waals surface area (Å²) in [6.45, 7) is 5.89. The fourth-order valence-electron chi connectivity index (χ4n) is 2.85. The van der Waals surface area contributed by atoms with Crippen molar-refractivity contribution < 1.29 is 0 Å². The lowest BCUT2D eigenvalue weighted by Crippen LogP contribution is -2.06. The van der Waals surface area contributed by atoms with Crippen molar-refractivity contribution in [1.82, 2.24) is 24.7 Å². The summed E-state index contributed by atoms with van der Waals surface area (Å²) in [7, 11) is 0. The summed E-state index contributed by atoms with van der Waals surface area (Å²) in [5.41, 5.74) is 5.51. The first-order chi connectivity index (χ1) is 11.6. The van der Waals surface area contributed by atoms with Crippen LogP contribution in [-0.2, 0) is 0 Å². The Bertz CT molecular complexity index is 1010. The first-order valence-corrected chi connectivity index (χ1v) is 7.86. The summed E-state index contributed by atoms with van der Waals surface area (Å²) >= 11 is 0. The molecule has 4 rings (SSSR count). The van der Waals surface area contributed by atoms with Gasteiger partial charge in [-0.15, -0.1) is 0 Å². The Morgan fingerprint density at radius 3 is 2.21 bits per heavy atom. The van der Waals surface area contributed by atoms with Crippen LogP contribution in [0.2, 0.25) is 0 Å². The van der Waals surface area contributed by atoms with Gasteiger partial charge in [0.15, 0.2) is 5.65 Å². The standard InChI is InChI=1S/C19H17N5/c1-12-11-13(2)21-19(20-12)24-18-16(14(3)23-24)9-10-17(22-18)15-7-5-4-6-8-15/h4-11H,1-3H3. The molecule has 0 aliphatic carbocycles. The minimum absolute atomic E-state index is 0.559. The Morgan fingerprint density at radius 2 is 1.50 bits per heavy atom. The lowest BCUT2D eigenvalue weighted by atomic mass is 10.1. The van der Waals surface area contributed by atoms with E-state index >= 15 is 0 Å². The molecule has 5 heteroatoms. The Kier molecular flexibility index (Phi) is 3.34. The lowest BCUT2D eigenvalue weighted by Gasteiger charge is -2.05. The second-order valence-electron chi connectivity index (χ2n) is 5.88. The van der Waals surface area contributed by atoms with Crippen LogP contribution in [0.5, 0.6) is 0 Å². The van der Waals surface area contributed by atoms with Crippen LogP contribution >= 0.6 is 0 Å². The summed E-state index contributed by atoms with van der Waals surface area (Å²) in [5.74, 6) is 0.559. The molecule has 3 heterocycles. The Morgan fingerprint density at radius 1 is 0.792 bits per heavy atom. The average Bonchev–Trinajstić information content (AvgIpc) is 2.91. The maximum atomic E-state index is 4.82. The van der Waals surface area contributed by atoms with E-state index in [1.807, 2.05) is 51.1 Å². The molecular formula is C19H17N5. The molecule has 0 saturated heterocycles. The molecule has 118 valence electrons. The summed E-state index contributed by atoms with van der Waals surface area (Å²) in [6, 6.07) is 16.2. The van der Waals surface area contributed by atoms with Crippen LogP contribution in [0.4, 0.5) is 0 Å². The number of aryl methyl sites for hydroxylation is 3. The molecular weight excluding hydrogens is 298 g/mol. The number of aromatic nitrogens is 5. The first-order valence-electron chi connectivity index (χ1n) is 7.86. The van der Waals surface area contributed by atoms with E-state index in [0.717, 1.165) is 39.4 Å². The number of fused-ring (bicyclic) bond motifs is 1. The molecule has 0 spiro atoms. The second-order valence-corrected chi connectivity index (χ2v) is 5.88. The van der Waals surface area contributed by atoms with Gasteiger partial charge in [0.2, 0.25) is 0 Å². The van der Waals surface area contributed by atoms with Crippen LogP contribution < -0.4 is 0 Å². The number of rotatable bonds is 2. The molecule has 0 bridgehead atoms. The highest BCUT2D eigenvalue weighted by Crippen LogP contribution is 2.24. The van der Waals surface area contributed by atoms with Gasteiger partial charge in [-0.2, -0.15) is 9.78 Å². The topological polar surface area (TPSA) is 56.5 Å². The highest BCUT2D eigenvalue weighted by molar-refractivity contribution is 5.82. The Balaban J connectivity index is 1.96. The third kappa shape index (κ3) is 2.44. The fraction of sp³-hybridized carbons (Fsp3) is 0.158. The van der Waals surface area contributed by atoms with Crippen LogP contribution in [0, 0.1) is 20.8 Å². The van der Waals surface area contributed by atoms with E-state index in [9.17, 15) is 0 Å². The molecule has 4 aromatic rings. The van der Waals surface area contributed by atoms with E-state index in [0.29, 0.717) is 5.95 Å². The summed E-state index contributed by atoms with van der Waals surface area (Å²) in [6.07, 6.45) is 0. The zero-order valence-electron chi connectivity index (χ0n) is 13.9. The van der Waals surface area contributed by atoms with E-state index < -0.39 is 0 Å². The number of hydrogen-bond donors (Lipinski definition) is 0. The van der Waals surface area contributed by atoms with Crippen molar-refractivity contribution in [2.24, 2.45) is 0 Å². The molecule has 0 unspecified atom stereocenters. The molecule has 5 nitrogen and oxygen atoms in total. The van der Waals surface area contributed by atoms with E-state index in [-0.39, 0.29) is 0 Å². The van der Waals surface area contributed by atoms with E-state index in [1.54, 1.807) is 4.68 Å². The lowest BCUT2D eigenvalue weighted by molar-refractivity contribution is 0.797. The molecule has 0 atom stereocenters. The molecule has 24 heavy (non-hydrogen) atoms. The molecule has 0 amide bonds. The summed E-state index contributed by atoms with van der Waals surface area (Å²) in [4.78, 5) is 13.9. The smallest absolute Gasteiger partial charge is 0.228 e. The Labute approximate surface area is 140 Å². The summed E-state index contributed by atoms with van der Waals surface area (Å²) in [5, 5.41) is 5.62. The van der Waals surface area contributed by atoms with Crippen molar-refractivity contribution in [2.75, 3.05) is 0 Å². The third-order valence-corrected chi connectivity index (χ3v) is 3.95. The summed E-state index contributed by atoms with van der Waals surface area (Å²) < 4.78 is 1.73. The highest BCUT2D eigenvalue weighted by Gasteiger charge is 2.14.